The largest absolute Gasteiger partial charge is 0.319 e. The molecule has 0 saturated heterocycles. The molecular weight excluding hydrogens is 897 g/mol. The van der Waals surface area contributed by atoms with Crippen LogP contribution in [0.5, 0.6) is 0 Å². The van der Waals surface area contributed by atoms with Crippen molar-refractivity contribution in [2.75, 3.05) is 0 Å². The Morgan fingerprint density at radius 2 is 0.703 bits per heavy atom. The Labute approximate surface area is 433 Å². The molecule has 0 N–H and O–H groups in total. The van der Waals surface area contributed by atoms with Crippen LogP contribution in [0.3, 0.4) is 0 Å². The molecule has 0 fully saturated rings. The second-order valence-corrected chi connectivity index (χ2v) is 20.7. The lowest BCUT2D eigenvalue weighted by atomic mass is 9.97. The number of aromatic nitrogens is 2. The summed E-state index contributed by atoms with van der Waals surface area (Å²) in [5, 5.41) is 14.7. The summed E-state index contributed by atoms with van der Waals surface area (Å²) in [4.78, 5) is 4.62. The van der Waals surface area contributed by atoms with Crippen molar-refractivity contribution in [2.45, 2.75) is 55.4 Å². The first kappa shape index (κ1) is 45.9. The van der Waals surface area contributed by atoms with Crippen LogP contribution in [0.15, 0.2) is 182 Å². The Morgan fingerprint density at radius 1 is 0.351 bits per heavy atom. The zero-order valence-corrected chi connectivity index (χ0v) is 43.1. The molecule has 0 aliphatic rings. The second kappa shape index (κ2) is 17.8. The number of benzene rings is 10. The van der Waals surface area contributed by atoms with Crippen LogP contribution in [0.1, 0.15) is 50.1 Å². The molecule has 0 aliphatic carbocycles. The van der Waals surface area contributed by atoms with Crippen LogP contribution >= 0.6 is 0 Å². The Hall–Kier alpha value is -9.22. The van der Waals surface area contributed by atoms with E-state index in [1.54, 1.807) is 0 Å². The van der Waals surface area contributed by atoms with Gasteiger partial charge in [0.2, 0.25) is 5.69 Å². The van der Waals surface area contributed by atoms with Gasteiger partial charge in [-0.05, 0) is 178 Å². The molecule has 0 radical (unpaired) electrons. The van der Waals surface area contributed by atoms with E-state index in [0.717, 1.165) is 88.4 Å². The molecule has 74 heavy (non-hydrogen) atoms. The van der Waals surface area contributed by atoms with E-state index >= 15 is 0 Å². The SMILES string of the molecule is [C-]#[N+]c1c(-n2c3ccc(-c4cc(C)cc(C)c4)cc3c3cc(-c4cc(C)cc(C)c4)ccc32)ccc(-c2cccc(C#N)c2)c1-n1c2ccc(-c3cc(C)cc(C)c3)cc2c2cc(-c3cc(C)cc(C)c3)ccc21. The molecule has 2 aromatic heterocycles. The van der Waals surface area contributed by atoms with E-state index in [2.05, 4.69) is 239 Å². The zero-order valence-electron chi connectivity index (χ0n) is 43.1. The zero-order chi connectivity index (χ0) is 51.1. The number of hydrogen-bond donors (Lipinski definition) is 0. The summed E-state index contributed by atoms with van der Waals surface area (Å²) in [5.74, 6) is 0. The van der Waals surface area contributed by atoms with Gasteiger partial charge < -0.3 is 9.13 Å². The fourth-order valence-electron chi connectivity index (χ4n) is 11.9. The molecule has 354 valence electrons. The molecular formula is C70H54N4. The second-order valence-electron chi connectivity index (χ2n) is 20.7. The molecule has 0 amide bonds. The fourth-order valence-corrected chi connectivity index (χ4v) is 11.9. The number of nitrogens with zero attached hydrogens (tertiary/aromatic N) is 4. The average molecular weight is 951 g/mol. The van der Waals surface area contributed by atoms with Gasteiger partial charge in [-0.15, -0.1) is 0 Å². The van der Waals surface area contributed by atoms with Gasteiger partial charge in [0.1, 0.15) is 0 Å². The van der Waals surface area contributed by atoms with Crippen molar-refractivity contribution in [1.82, 2.24) is 9.13 Å². The quantitative estimate of drug-likeness (QED) is 0.147. The van der Waals surface area contributed by atoms with Crippen LogP contribution in [-0.4, -0.2) is 9.13 Å². The molecule has 0 atom stereocenters. The summed E-state index contributed by atoms with van der Waals surface area (Å²) < 4.78 is 4.62. The van der Waals surface area contributed by atoms with Gasteiger partial charge in [0.15, 0.2) is 0 Å². The molecule has 0 bridgehead atoms. The predicted molar refractivity (Wildman–Crippen MR) is 311 cm³/mol. The first-order chi connectivity index (χ1) is 35.8. The highest BCUT2D eigenvalue weighted by atomic mass is 15.1. The number of aryl methyl sites for hydroxylation is 8. The van der Waals surface area contributed by atoms with Crippen LogP contribution in [-0.2, 0) is 0 Å². The first-order valence-electron chi connectivity index (χ1n) is 25.4. The van der Waals surface area contributed by atoms with Crippen molar-refractivity contribution < 1.29 is 0 Å². The molecule has 0 aliphatic heterocycles. The van der Waals surface area contributed by atoms with E-state index in [4.69, 9.17) is 0 Å². The van der Waals surface area contributed by atoms with Crippen LogP contribution < -0.4 is 0 Å². The van der Waals surface area contributed by atoms with E-state index in [1.165, 1.54) is 66.8 Å². The number of fused-ring (bicyclic) bond motifs is 6. The fraction of sp³-hybridized carbons (Fsp3) is 0.114. The first-order valence-corrected chi connectivity index (χ1v) is 25.4. The smallest absolute Gasteiger partial charge is 0.234 e. The van der Waals surface area contributed by atoms with Gasteiger partial charge in [0.25, 0.3) is 0 Å². The number of rotatable bonds is 7. The average Bonchev–Trinajstić information content (AvgIpc) is 3.88. The van der Waals surface area contributed by atoms with Crippen LogP contribution in [0.4, 0.5) is 5.69 Å². The Kier molecular flexibility index (Phi) is 11.0. The topological polar surface area (TPSA) is 38.0 Å². The maximum Gasteiger partial charge on any atom is 0.234 e. The van der Waals surface area contributed by atoms with Crippen molar-refractivity contribution >= 4 is 49.3 Å². The van der Waals surface area contributed by atoms with Crippen LogP contribution in [0, 0.1) is 73.3 Å². The van der Waals surface area contributed by atoms with E-state index < -0.39 is 0 Å². The van der Waals surface area contributed by atoms with E-state index in [9.17, 15) is 11.8 Å². The van der Waals surface area contributed by atoms with Crippen LogP contribution in [0.25, 0.3) is 115 Å². The standard InChI is InChI=1S/C70H54N4/c1-41-23-42(2)28-55(27-41)50-13-18-64-60(36-50)61-37-51(56-29-43(3)24-44(4)30-56)14-19-65(61)73(64)68-22-17-59(54-12-10-11-49(35-54)40-71)70(69(68)72-9)74-66-20-15-52(57-31-45(5)25-46(6)32-57)38-62(66)63-39-53(16-21-67(63)74)58-33-47(7)26-48(8)34-58/h10-39H,1-8H3. The Bertz CT molecular complexity index is 4130. The van der Waals surface area contributed by atoms with Gasteiger partial charge in [-0.25, -0.2) is 4.85 Å². The van der Waals surface area contributed by atoms with Crippen molar-refractivity contribution in [2.24, 2.45) is 0 Å². The molecule has 12 aromatic rings. The lowest BCUT2D eigenvalue weighted by Crippen LogP contribution is -2.03. The minimum Gasteiger partial charge on any atom is -0.319 e. The lowest BCUT2D eigenvalue weighted by Gasteiger charge is -2.20. The van der Waals surface area contributed by atoms with Gasteiger partial charge in [-0.3, -0.25) is 0 Å². The van der Waals surface area contributed by atoms with E-state index in [1.807, 2.05) is 18.2 Å². The third-order valence-corrected chi connectivity index (χ3v) is 14.8. The summed E-state index contributed by atoms with van der Waals surface area (Å²) in [7, 11) is 0. The van der Waals surface area contributed by atoms with Gasteiger partial charge in [-0.1, -0.05) is 160 Å². The summed E-state index contributed by atoms with van der Waals surface area (Å²) in [6, 6.07) is 68.6. The minimum absolute atomic E-state index is 0.510. The minimum atomic E-state index is 0.510. The maximum absolute atomic E-state index is 10.3. The third kappa shape index (κ3) is 7.93. The summed E-state index contributed by atoms with van der Waals surface area (Å²) >= 11 is 0. The summed E-state index contributed by atoms with van der Waals surface area (Å²) in [6.45, 7) is 26.7. The molecule has 0 unspecified atom stereocenters. The van der Waals surface area contributed by atoms with Gasteiger partial charge in [0, 0.05) is 21.5 Å². The monoisotopic (exact) mass is 950 g/mol. The van der Waals surface area contributed by atoms with Crippen LogP contribution in [0.2, 0.25) is 0 Å². The van der Waals surface area contributed by atoms with E-state index in [0.29, 0.717) is 11.3 Å². The van der Waals surface area contributed by atoms with Gasteiger partial charge in [-0.2, -0.15) is 5.26 Å². The number of nitriles is 1. The normalized spacial score (nSPS) is 11.5. The van der Waals surface area contributed by atoms with Gasteiger partial charge >= 0.3 is 0 Å². The molecule has 12 rings (SSSR count). The lowest BCUT2D eigenvalue weighted by molar-refractivity contribution is 1.15. The Balaban J connectivity index is 1.19. The maximum atomic E-state index is 10.3. The van der Waals surface area contributed by atoms with E-state index in [-0.39, 0.29) is 0 Å². The summed E-state index contributed by atoms with van der Waals surface area (Å²) in [5.41, 5.74) is 27.4. The highest BCUT2D eigenvalue weighted by molar-refractivity contribution is 6.15. The van der Waals surface area contributed by atoms with Crippen molar-refractivity contribution in [1.29, 1.82) is 5.26 Å². The molecule has 2 heterocycles. The Morgan fingerprint density at radius 3 is 1.04 bits per heavy atom. The third-order valence-electron chi connectivity index (χ3n) is 14.8. The van der Waals surface area contributed by atoms with Crippen molar-refractivity contribution in [3.05, 3.63) is 243 Å². The molecule has 4 nitrogen and oxygen atoms in total. The molecule has 10 aromatic carbocycles. The molecule has 0 spiro atoms. The molecule has 0 saturated carbocycles. The van der Waals surface area contributed by atoms with Crippen molar-refractivity contribution in [3.63, 3.8) is 0 Å². The molecule has 4 heteroatoms. The van der Waals surface area contributed by atoms with Gasteiger partial charge in [0.05, 0.1) is 51.6 Å². The highest BCUT2D eigenvalue weighted by Crippen LogP contribution is 2.48. The highest BCUT2D eigenvalue weighted by Gasteiger charge is 2.26. The predicted octanol–water partition coefficient (Wildman–Crippen LogP) is 19.1. The number of hydrogen-bond acceptors (Lipinski definition) is 1. The van der Waals surface area contributed by atoms with Crippen molar-refractivity contribution in [3.8, 4) is 73.1 Å². The summed E-state index contributed by atoms with van der Waals surface area (Å²) in [6.07, 6.45) is 0.